The Morgan fingerprint density at radius 2 is 2.00 bits per heavy atom. The number of nitrogens with two attached hydrogens (primary N) is 1. The minimum atomic E-state index is -0.430. The van der Waals surface area contributed by atoms with Gasteiger partial charge >= 0.3 is 5.69 Å². The summed E-state index contributed by atoms with van der Waals surface area (Å²) in [5.41, 5.74) is 4.87. The molecule has 2 rings (SSSR count). The number of hydrogen-bond donors (Lipinski definition) is 2. The average molecular weight is 251 g/mol. The van der Waals surface area contributed by atoms with Crippen LogP contribution in [0.3, 0.4) is 0 Å². The molecule has 1 aromatic rings. The second-order valence-electron chi connectivity index (χ2n) is 5.43. The SMILES string of the molecule is CC1CCC(CCn2c(N)cc(=O)[nH]c2=O)CC1. The van der Waals surface area contributed by atoms with Crippen molar-refractivity contribution >= 4 is 5.82 Å². The van der Waals surface area contributed by atoms with Crippen LogP contribution < -0.4 is 17.0 Å². The second kappa shape index (κ2) is 5.42. The fourth-order valence-electron chi connectivity index (χ4n) is 2.70. The van der Waals surface area contributed by atoms with E-state index in [0.29, 0.717) is 12.5 Å². The van der Waals surface area contributed by atoms with Crippen LogP contribution in [0.15, 0.2) is 15.7 Å². The molecule has 3 N–H and O–H groups in total. The molecule has 100 valence electrons. The number of anilines is 1. The van der Waals surface area contributed by atoms with Crippen LogP contribution in [-0.2, 0) is 6.54 Å². The summed E-state index contributed by atoms with van der Waals surface area (Å²) in [4.78, 5) is 24.9. The third-order valence-electron chi connectivity index (χ3n) is 3.96. The van der Waals surface area contributed by atoms with Crippen LogP contribution in [0.2, 0.25) is 0 Å². The van der Waals surface area contributed by atoms with Crippen LogP contribution in [0.1, 0.15) is 39.0 Å². The Balaban J connectivity index is 1.98. The number of H-pyrrole nitrogens is 1. The molecule has 0 amide bonds. The predicted octanol–water partition coefficient (Wildman–Crippen LogP) is 1.34. The van der Waals surface area contributed by atoms with Crippen molar-refractivity contribution in [3.05, 3.63) is 26.9 Å². The van der Waals surface area contributed by atoms with Gasteiger partial charge in [0.05, 0.1) is 0 Å². The number of nitrogens with one attached hydrogen (secondary N) is 1. The maximum absolute atomic E-state index is 11.6. The van der Waals surface area contributed by atoms with Gasteiger partial charge in [-0.2, -0.15) is 0 Å². The zero-order valence-electron chi connectivity index (χ0n) is 10.8. The van der Waals surface area contributed by atoms with Gasteiger partial charge in [0.1, 0.15) is 5.82 Å². The van der Waals surface area contributed by atoms with E-state index in [1.165, 1.54) is 36.3 Å². The van der Waals surface area contributed by atoms with Crippen molar-refractivity contribution < 1.29 is 0 Å². The topological polar surface area (TPSA) is 80.9 Å². The zero-order chi connectivity index (χ0) is 13.1. The van der Waals surface area contributed by atoms with E-state index >= 15 is 0 Å². The van der Waals surface area contributed by atoms with Gasteiger partial charge in [-0.3, -0.25) is 14.3 Å². The molecule has 0 aromatic carbocycles. The molecule has 0 aliphatic heterocycles. The monoisotopic (exact) mass is 251 g/mol. The summed E-state index contributed by atoms with van der Waals surface area (Å²) in [6.45, 7) is 2.89. The van der Waals surface area contributed by atoms with E-state index in [0.717, 1.165) is 12.3 Å². The molecule has 1 aliphatic rings. The Kier molecular flexibility index (Phi) is 3.89. The van der Waals surface area contributed by atoms with Gasteiger partial charge in [0, 0.05) is 12.6 Å². The highest BCUT2D eigenvalue weighted by molar-refractivity contribution is 5.25. The molecular formula is C13H21N3O2. The maximum Gasteiger partial charge on any atom is 0.329 e. The first-order valence-corrected chi connectivity index (χ1v) is 6.66. The number of nitrogen functional groups attached to an aromatic ring is 1. The lowest BCUT2D eigenvalue weighted by Gasteiger charge is -2.26. The van der Waals surface area contributed by atoms with Gasteiger partial charge < -0.3 is 5.73 Å². The first-order valence-electron chi connectivity index (χ1n) is 6.66. The highest BCUT2D eigenvalue weighted by Crippen LogP contribution is 2.30. The van der Waals surface area contributed by atoms with E-state index in [9.17, 15) is 9.59 Å². The Hall–Kier alpha value is -1.52. The Labute approximate surface area is 106 Å². The summed E-state index contributed by atoms with van der Waals surface area (Å²) in [5.74, 6) is 1.77. The first kappa shape index (κ1) is 12.9. The zero-order valence-corrected chi connectivity index (χ0v) is 10.8. The van der Waals surface area contributed by atoms with E-state index in [-0.39, 0.29) is 5.82 Å². The largest absolute Gasteiger partial charge is 0.385 e. The van der Waals surface area contributed by atoms with Crippen LogP contribution in [0.25, 0.3) is 0 Å². The van der Waals surface area contributed by atoms with Gasteiger partial charge in [-0.15, -0.1) is 0 Å². The quantitative estimate of drug-likeness (QED) is 0.850. The molecule has 1 saturated carbocycles. The van der Waals surface area contributed by atoms with Crippen molar-refractivity contribution in [3.63, 3.8) is 0 Å². The molecule has 5 heteroatoms. The van der Waals surface area contributed by atoms with Gasteiger partial charge in [-0.05, 0) is 18.3 Å². The Morgan fingerprint density at radius 1 is 1.33 bits per heavy atom. The minimum Gasteiger partial charge on any atom is -0.385 e. The van der Waals surface area contributed by atoms with Crippen LogP contribution >= 0.6 is 0 Å². The summed E-state index contributed by atoms with van der Waals surface area (Å²) in [6, 6.07) is 1.27. The van der Waals surface area contributed by atoms with Gasteiger partial charge in [-0.25, -0.2) is 4.79 Å². The molecule has 18 heavy (non-hydrogen) atoms. The highest BCUT2D eigenvalue weighted by atomic mass is 16.2. The fraction of sp³-hybridized carbons (Fsp3) is 0.692. The lowest BCUT2D eigenvalue weighted by molar-refractivity contribution is 0.268. The van der Waals surface area contributed by atoms with Crippen molar-refractivity contribution in [2.75, 3.05) is 5.73 Å². The summed E-state index contributed by atoms with van der Waals surface area (Å²) >= 11 is 0. The molecule has 1 heterocycles. The van der Waals surface area contributed by atoms with Crippen LogP contribution in [0.5, 0.6) is 0 Å². The van der Waals surface area contributed by atoms with Gasteiger partial charge in [0.25, 0.3) is 5.56 Å². The lowest BCUT2D eigenvalue weighted by atomic mass is 9.81. The molecule has 0 radical (unpaired) electrons. The minimum absolute atomic E-state index is 0.257. The Morgan fingerprint density at radius 3 is 2.61 bits per heavy atom. The van der Waals surface area contributed by atoms with Crippen LogP contribution in [0, 0.1) is 11.8 Å². The predicted molar refractivity (Wildman–Crippen MR) is 71.5 cm³/mol. The number of aromatic nitrogens is 2. The molecule has 1 aliphatic carbocycles. The smallest absolute Gasteiger partial charge is 0.329 e. The number of hydrogen-bond acceptors (Lipinski definition) is 3. The standard InChI is InChI=1S/C13H21N3O2/c1-9-2-4-10(5-3-9)6-7-16-11(14)8-12(17)15-13(16)18/h8-10H,2-7,14H2,1H3,(H,15,17,18). The lowest BCUT2D eigenvalue weighted by Crippen LogP contribution is -2.32. The number of aromatic amines is 1. The summed E-state index contributed by atoms with van der Waals surface area (Å²) in [7, 11) is 0. The van der Waals surface area contributed by atoms with Gasteiger partial charge in [0.15, 0.2) is 0 Å². The summed E-state index contributed by atoms with van der Waals surface area (Å²) in [6.07, 6.45) is 5.99. The third kappa shape index (κ3) is 3.03. The highest BCUT2D eigenvalue weighted by Gasteiger charge is 2.18. The molecule has 1 aromatic heterocycles. The van der Waals surface area contributed by atoms with E-state index in [4.69, 9.17) is 5.73 Å². The molecule has 0 bridgehead atoms. The second-order valence-corrected chi connectivity index (χ2v) is 5.43. The molecule has 1 fully saturated rings. The summed E-state index contributed by atoms with van der Waals surface area (Å²) in [5, 5.41) is 0. The molecule has 5 nitrogen and oxygen atoms in total. The molecule has 0 unspecified atom stereocenters. The number of nitrogens with zero attached hydrogens (tertiary/aromatic N) is 1. The van der Waals surface area contributed by atoms with Crippen molar-refractivity contribution in [1.82, 2.24) is 9.55 Å². The van der Waals surface area contributed by atoms with E-state index < -0.39 is 11.2 Å². The fourth-order valence-corrected chi connectivity index (χ4v) is 2.70. The third-order valence-corrected chi connectivity index (χ3v) is 3.96. The van der Waals surface area contributed by atoms with Crippen LogP contribution in [0.4, 0.5) is 5.82 Å². The molecule has 0 saturated heterocycles. The van der Waals surface area contributed by atoms with E-state index in [1.807, 2.05) is 0 Å². The van der Waals surface area contributed by atoms with Crippen molar-refractivity contribution in [3.8, 4) is 0 Å². The molecule has 0 atom stereocenters. The van der Waals surface area contributed by atoms with Gasteiger partial charge in [-0.1, -0.05) is 32.6 Å². The van der Waals surface area contributed by atoms with Crippen LogP contribution in [-0.4, -0.2) is 9.55 Å². The molecular weight excluding hydrogens is 230 g/mol. The maximum atomic E-state index is 11.6. The Bertz CT molecular complexity index is 510. The first-order chi connectivity index (χ1) is 8.56. The summed E-state index contributed by atoms with van der Waals surface area (Å²) < 4.78 is 1.46. The van der Waals surface area contributed by atoms with E-state index in [2.05, 4.69) is 11.9 Å². The molecule has 0 spiro atoms. The van der Waals surface area contributed by atoms with Crippen molar-refractivity contribution in [2.24, 2.45) is 11.8 Å². The number of rotatable bonds is 3. The van der Waals surface area contributed by atoms with Crippen molar-refractivity contribution in [2.45, 2.75) is 45.6 Å². The van der Waals surface area contributed by atoms with Gasteiger partial charge in [0.2, 0.25) is 0 Å². The average Bonchev–Trinajstić information content (AvgIpc) is 2.30. The van der Waals surface area contributed by atoms with Crippen molar-refractivity contribution in [1.29, 1.82) is 0 Å². The van der Waals surface area contributed by atoms with E-state index in [1.54, 1.807) is 0 Å². The normalized spacial score (nSPS) is 24.1.